The highest BCUT2D eigenvalue weighted by atomic mass is 32.2. The first kappa shape index (κ1) is 13.7. The second kappa shape index (κ2) is 6.41. The smallest absolute Gasteiger partial charge is 0.143 e. The number of thioether (sulfide) groups is 1. The van der Waals surface area contributed by atoms with Gasteiger partial charge in [0.15, 0.2) is 0 Å². The van der Waals surface area contributed by atoms with Crippen LogP contribution in [0.15, 0.2) is 0 Å². The second-order valence-corrected chi connectivity index (χ2v) is 6.05. The molecule has 1 aliphatic rings. The average molecular weight is 265 g/mol. The fourth-order valence-corrected chi connectivity index (χ4v) is 3.60. The molecule has 1 atom stereocenters. The summed E-state index contributed by atoms with van der Waals surface area (Å²) in [5.41, 5.74) is 2.41. The van der Waals surface area contributed by atoms with Crippen LogP contribution in [0.5, 0.6) is 0 Å². The van der Waals surface area contributed by atoms with Crippen LogP contribution < -0.4 is 5.32 Å². The van der Waals surface area contributed by atoms with Crippen LogP contribution in [-0.2, 0) is 6.42 Å². The zero-order valence-electron chi connectivity index (χ0n) is 11.6. The minimum Gasteiger partial charge on any atom is -0.370 e. The van der Waals surface area contributed by atoms with Gasteiger partial charge in [-0.3, -0.25) is 0 Å². The number of aryl methyl sites for hydroxylation is 1. The van der Waals surface area contributed by atoms with Crippen molar-refractivity contribution in [1.82, 2.24) is 9.97 Å². The predicted molar refractivity (Wildman–Crippen MR) is 79.4 cm³/mol. The molecule has 1 fully saturated rings. The zero-order valence-corrected chi connectivity index (χ0v) is 12.4. The molecule has 2 rings (SSSR count). The summed E-state index contributed by atoms with van der Waals surface area (Å²) in [5.74, 6) is 3.32. The lowest BCUT2D eigenvalue weighted by Crippen LogP contribution is -2.13. The maximum atomic E-state index is 4.79. The van der Waals surface area contributed by atoms with Gasteiger partial charge < -0.3 is 5.32 Å². The van der Waals surface area contributed by atoms with E-state index in [1.54, 1.807) is 0 Å². The van der Waals surface area contributed by atoms with Gasteiger partial charge in [0.1, 0.15) is 11.6 Å². The Labute approximate surface area is 114 Å². The Morgan fingerprint density at radius 3 is 2.72 bits per heavy atom. The van der Waals surface area contributed by atoms with Gasteiger partial charge in [-0.2, -0.15) is 11.8 Å². The molecule has 1 N–H and O–H groups in total. The van der Waals surface area contributed by atoms with Crippen LogP contribution in [-0.4, -0.2) is 22.3 Å². The monoisotopic (exact) mass is 265 g/mol. The van der Waals surface area contributed by atoms with Crippen LogP contribution in [0.25, 0.3) is 0 Å². The summed E-state index contributed by atoms with van der Waals surface area (Å²) >= 11 is 2.02. The summed E-state index contributed by atoms with van der Waals surface area (Å²) in [6, 6.07) is 0. The molecule has 0 saturated carbocycles. The molecule has 0 spiro atoms. The van der Waals surface area contributed by atoms with Crippen molar-refractivity contribution in [2.75, 3.05) is 17.6 Å². The molecule has 18 heavy (non-hydrogen) atoms. The van der Waals surface area contributed by atoms with Gasteiger partial charge in [0, 0.05) is 17.8 Å². The molecule has 100 valence electrons. The van der Waals surface area contributed by atoms with Crippen molar-refractivity contribution in [3.05, 3.63) is 17.1 Å². The normalized spacial score (nSPS) is 19.8. The summed E-state index contributed by atoms with van der Waals surface area (Å²) in [7, 11) is 0. The molecule has 0 aliphatic carbocycles. The minimum absolute atomic E-state index is 0.502. The summed E-state index contributed by atoms with van der Waals surface area (Å²) in [6.07, 6.45) is 4.86. The Balaban J connectivity index is 2.31. The Morgan fingerprint density at radius 2 is 2.11 bits per heavy atom. The number of nitrogens with one attached hydrogen (secondary N) is 1. The highest BCUT2D eigenvalue weighted by Crippen LogP contribution is 2.37. The lowest BCUT2D eigenvalue weighted by molar-refractivity contribution is 0.658. The molecule has 0 radical (unpaired) electrons. The largest absolute Gasteiger partial charge is 0.370 e. The molecule has 1 saturated heterocycles. The fourth-order valence-electron chi connectivity index (χ4n) is 2.35. The van der Waals surface area contributed by atoms with E-state index in [0.717, 1.165) is 24.6 Å². The van der Waals surface area contributed by atoms with Crippen molar-refractivity contribution in [2.24, 2.45) is 0 Å². The van der Waals surface area contributed by atoms with Crippen LogP contribution in [0.1, 0.15) is 55.4 Å². The number of anilines is 1. The maximum absolute atomic E-state index is 4.79. The number of nitrogens with zero attached hydrogens (tertiary/aromatic N) is 2. The molecule has 1 aromatic heterocycles. The van der Waals surface area contributed by atoms with Gasteiger partial charge in [0.2, 0.25) is 0 Å². The topological polar surface area (TPSA) is 37.8 Å². The SMILES string of the molecule is CCNc1nc(C2CCCCS2)nc(CC)c1C. The Morgan fingerprint density at radius 1 is 1.28 bits per heavy atom. The van der Waals surface area contributed by atoms with E-state index in [1.807, 2.05) is 11.8 Å². The van der Waals surface area contributed by atoms with E-state index in [-0.39, 0.29) is 0 Å². The Kier molecular flexibility index (Phi) is 4.87. The summed E-state index contributed by atoms with van der Waals surface area (Å²) in [5, 5.41) is 3.87. The molecule has 0 bridgehead atoms. The zero-order chi connectivity index (χ0) is 13.0. The molecular formula is C14H23N3S. The van der Waals surface area contributed by atoms with Gasteiger partial charge in [0.25, 0.3) is 0 Å². The summed E-state index contributed by atoms with van der Waals surface area (Å²) in [4.78, 5) is 9.54. The lowest BCUT2D eigenvalue weighted by atomic mass is 10.1. The van der Waals surface area contributed by atoms with E-state index in [4.69, 9.17) is 9.97 Å². The van der Waals surface area contributed by atoms with Crippen molar-refractivity contribution in [2.45, 2.75) is 51.7 Å². The molecule has 1 unspecified atom stereocenters. The predicted octanol–water partition coefficient (Wildman–Crippen LogP) is 3.74. The molecule has 0 aromatic carbocycles. The third kappa shape index (κ3) is 2.97. The van der Waals surface area contributed by atoms with Crippen LogP contribution in [0.4, 0.5) is 5.82 Å². The first-order chi connectivity index (χ1) is 8.76. The van der Waals surface area contributed by atoms with Gasteiger partial charge in [-0.15, -0.1) is 0 Å². The van der Waals surface area contributed by atoms with Gasteiger partial charge in [0.05, 0.1) is 5.25 Å². The van der Waals surface area contributed by atoms with E-state index in [0.29, 0.717) is 5.25 Å². The standard InChI is InChI=1S/C14H23N3S/c1-4-11-10(3)13(15-5-2)17-14(16-11)12-8-6-7-9-18-12/h12H,4-9H2,1-3H3,(H,15,16,17). The number of hydrogen-bond donors (Lipinski definition) is 1. The van der Waals surface area contributed by atoms with E-state index in [2.05, 4.69) is 26.1 Å². The van der Waals surface area contributed by atoms with E-state index >= 15 is 0 Å². The van der Waals surface area contributed by atoms with Crippen LogP contribution >= 0.6 is 11.8 Å². The van der Waals surface area contributed by atoms with Gasteiger partial charge in [-0.1, -0.05) is 13.3 Å². The van der Waals surface area contributed by atoms with Crippen molar-refractivity contribution in [1.29, 1.82) is 0 Å². The quantitative estimate of drug-likeness (QED) is 0.900. The van der Waals surface area contributed by atoms with Crippen molar-refractivity contribution < 1.29 is 0 Å². The number of rotatable bonds is 4. The second-order valence-electron chi connectivity index (χ2n) is 4.74. The molecule has 4 heteroatoms. The third-order valence-electron chi connectivity index (χ3n) is 3.41. The van der Waals surface area contributed by atoms with Crippen LogP contribution in [0.3, 0.4) is 0 Å². The highest BCUT2D eigenvalue weighted by molar-refractivity contribution is 7.99. The Bertz CT molecular complexity index is 400. The van der Waals surface area contributed by atoms with Crippen LogP contribution in [0.2, 0.25) is 0 Å². The Hall–Kier alpha value is -0.770. The van der Waals surface area contributed by atoms with Crippen LogP contribution in [0, 0.1) is 6.92 Å². The van der Waals surface area contributed by atoms with Gasteiger partial charge in [-0.05, 0) is 38.9 Å². The fraction of sp³-hybridized carbons (Fsp3) is 0.714. The van der Waals surface area contributed by atoms with E-state index in [1.165, 1.54) is 36.3 Å². The highest BCUT2D eigenvalue weighted by Gasteiger charge is 2.21. The first-order valence-corrected chi connectivity index (χ1v) is 8.04. The van der Waals surface area contributed by atoms with Crippen molar-refractivity contribution in [3.63, 3.8) is 0 Å². The van der Waals surface area contributed by atoms with E-state index < -0.39 is 0 Å². The molecule has 2 heterocycles. The molecule has 1 aliphatic heterocycles. The summed E-state index contributed by atoms with van der Waals surface area (Å²) in [6.45, 7) is 7.32. The van der Waals surface area contributed by atoms with Gasteiger partial charge >= 0.3 is 0 Å². The number of hydrogen-bond acceptors (Lipinski definition) is 4. The molecular weight excluding hydrogens is 242 g/mol. The van der Waals surface area contributed by atoms with Gasteiger partial charge in [-0.25, -0.2) is 9.97 Å². The first-order valence-electron chi connectivity index (χ1n) is 6.99. The number of aromatic nitrogens is 2. The molecule has 1 aromatic rings. The minimum atomic E-state index is 0.502. The third-order valence-corrected chi connectivity index (χ3v) is 4.78. The summed E-state index contributed by atoms with van der Waals surface area (Å²) < 4.78 is 0. The molecule has 0 amide bonds. The lowest BCUT2D eigenvalue weighted by Gasteiger charge is -2.22. The maximum Gasteiger partial charge on any atom is 0.143 e. The van der Waals surface area contributed by atoms with Crippen molar-refractivity contribution in [3.8, 4) is 0 Å². The van der Waals surface area contributed by atoms with E-state index in [9.17, 15) is 0 Å². The van der Waals surface area contributed by atoms with Crippen molar-refractivity contribution >= 4 is 17.6 Å². The average Bonchev–Trinajstić information content (AvgIpc) is 2.42. The molecule has 3 nitrogen and oxygen atoms in total.